The summed E-state index contributed by atoms with van der Waals surface area (Å²) < 4.78 is 7.94. The Morgan fingerprint density at radius 1 is 1.15 bits per heavy atom. The summed E-state index contributed by atoms with van der Waals surface area (Å²) in [4.78, 5) is 5.36. The van der Waals surface area contributed by atoms with Gasteiger partial charge in [0.15, 0.2) is 0 Å². The second-order valence-corrected chi connectivity index (χ2v) is 7.82. The monoisotopic (exact) mass is 386 g/mol. The van der Waals surface area contributed by atoms with E-state index in [4.69, 9.17) is 16.3 Å². The number of aryl methyl sites for hydroxylation is 1. The molecule has 1 atom stereocenters. The molecule has 0 bridgehead atoms. The maximum absolute atomic E-state index is 6.00. The van der Waals surface area contributed by atoms with Crippen molar-refractivity contribution in [1.82, 2.24) is 9.55 Å². The Balaban J connectivity index is 1.71. The molecule has 1 unspecified atom stereocenters. The Kier molecular flexibility index (Phi) is 7.04. The minimum atomic E-state index is 0.418. The smallest absolute Gasteiger partial charge is 0.132 e. The van der Waals surface area contributed by atoms with E-state index in [9.17, 15) is 0 Å². The SMILES string of the molecule is CCOc1ccccc1SC(CCc1ccc(Cl)cc1)Cn1ccnc1. The van der Waals surface area contributed by atoms with Crippen LogP contribution in [0, 0.1) is 0 Å². The molecule has 0 radical (unpaired) electrons. The minimum Gasteiger partial charge on any atom is -0.493 e. The van der Waals surface area contributed by atoms with E-state index in [0.717, 1.165) is 30.2 Å². The van der Waals surface area contributed by atoms with Crippen molar-refractivity contribution >= 4 is 23.4 Å². The fourth-order valence-corrected chi connectivity index (χ4v) is 4.17. The first-order chi connectivity index (χ1) is 12.7. The Labute approximate surface area is 164 Å². The summed E-state index contributed by atoms with van der Waals surface area (Å²) >= 11 is 7.87. The third-order valence-corrected chi connectivity index (χ3v) is 5.65. The van der Waals surface area contributed by atoms with Crippen molar-refractivity contribution < 1.29 is 4.74 Å². The van der Waals surface area contributed by atoms with Gasteiger partial charge >= 0.3 is 0 Å². The van der Waals surface area contributed by atoms with Crippen LogP contribution in [0.15, 0.2) is 72.1 Å². The number of hydrogen-bond acceptors (Lipinski definition) is 3. The summed E-state index contributed by atoms with van der Waals surface area (Å²) in [6.45, 7) is 3.61. The second kappa shape index (κ2) is 9.70. The van der Waals surface area contributed by atoms with Crippen molar-refractivity contribution in [3.05, 3.63) is 77.8 Å². The Hall–Kier alpha value is -1.91. The van der Waals surface area contributed by atoms with E-state index in [-0.39, 0.29) is 0 Å². The lowest BCUT2D eigenvalue weighted by Gasteiger charge is -2.19. The second-order valence-electron chi connectivity index (χ2n) is 6.04. The van der Waals surface area contributed by atoms with Crippen LogP contribution in [0.4, 0.5) is 0 Å². The fraction of sp³-hybridized carbons (Fsp3) is 0.286. The van der Waals surface area contributed by atoms with Gasteiger partial charge in [-0.25, -0.2) is 4.98 Å². The first-order valence-electron chi connectivity index (χ1n) is 8.83. The summed E-state index contributed by atoms with van der Waals surface area (Å²) in [7, 11) is 0. The first-order valence-corrected chi connectivity index (χ1v) is 10.1. The molecule has 3 nitrogen and oxygen atoms in total. The molecule has 2 aromatic carbocycles. The van der Waals surface area contributed by atoms with Gasteiger partial charge < -0.3 is 9.30 Å². The van der Waals surface area contributed by atoms with Crippen LogP contribution in [0.2, 0.25) is 5.02 Å². The maximum atomic E-state index is 6.00. The molecule has 1 aromatic heterocycles. The van der Waals surface area contributed by atoms with Crippen molar-refractivity contribution in [2.45, 2.75) is 36.5 Å². The first kappa shape index (κ1) is 18.9. The maximum Gasteiger partial charge on any atom is 0.132 e. The van der Waals surface area contributed by atoms with Crippen LogP contribution in [0.1, 0.15) is 18.9 Å². The standard InChI is InChI=1S/C21H23ClN2OS/c1-2-25-20-5-3-4-6-21(20)26-19(15-24-14-13-23-16-24)12-9-17-7-10-18(22)11-8-17/h3-8,10-11,13-14,16,19H,2,9,12,15H2,1H3. The highest BCUT2D eigenvalue weighted by molar-refractivity contribution is 8.00. The summed E-state index contributed by atoms with van der Waals surface area (Å²) in [5, 5.41) is 1.20. The van der Waals surface area contributed by atoms with Gasteiger partial charge in [-0.15, -0.1) is 11.8 Å². The molecule has 0 amide bonds. The van der Waals surface area contributed by atoms with Crippen LogP contribution in [0.5, 0.6) is 5.75 Å². The van der Waals surface area contributed by atoms with Crippen LogP contribution in [0.25, 0.3) is 0 Å². The average Bonchev–Trinajstić information content (AvgIpc) is 3.16. The average molecular weight is 387 g/mol. The molecule has 0 saturated heterocycles. The number of thioether (sulfide) groups is 1. The van der Waals surface area contributed by atoms with E-state index >= 15 is 0 Å². The number of hydrogen-bond donors (Lipinski definition) is 0. The third kappa shape index (κ3) is 5.55. The van der Waals surface area contributed by atoms with Crippen molar-refractivity contribution in [3.8, 4) is 5.75 Å². The molecule has 0 aliphatic rings. The fourth-order valence-electron chi connectivity index (χ4n) is 2.80. The van der Waals surface area contributed by atoms with Gasteiger partial charge in [0.05, 0.1) is 12.9 Å². The van der Waals surface area contributed by atoms with E-state index in [0.29, 0.717) is 11.9 Å². The summed E-state index contributed by atoms with van der Waals surface area (Å²) in [5.41, 5.74) is 1.31. The number of aromatic nitrogens is 2. The molecule has 0 fully saturated rings. The van der Waals surface area contributed by atoms with Gasteiger partial charge in [0.2, 0.25) is 0 Å². The quantitative estimate of drug-likeness (QED) is 0.439. The molecule has 136 valence electrons. The van der Waals surface area contributed by atoms with Crippen LogP contribution in [-0.2, 0) is 13.0 Å². The molecule has 0 N–H and O–H groups in total. The zero-order valence-electron chi connectivity index (χ0n) is 14.8. The zero-order chi connectivity index (χ0) is 18.2. The molecule has 0 saturated carbocycles. The molecule has 0 aliphatic heterocycles. The zero-order valence-corrected chi connectivity index (χ0v) is 16.4. The largest absolute Gasteiger partial charge is 0.493 e. The van der Waals surface area contributed by atoms with E-state index in [1.54, 1.807) is 0 Å². The normalized spacial score (nSPS) is 12.1. The van der Waals surface area contributed by atoms with E-state index in [2.05, 4.69) is 33.8 Å². The molecule has 3 aromatic rings. The van der Waals surface area contributed by atoms with E-state index in [1.807, 2.05) is 61.7 Å². The molecule has 0 spiro atoms. The minimum absolute atomic E-state index is 0.418. The Bertz CT molecular complexity index is 790. The molecule has 26 heavy (non-hydrogen) atoms. The van der Waals surface area contributed by atoms with Gasteiger partial charge in [0.25, 0.3) is 0 Å². The molecule has 5 heteroatoms. The lowest BCUT2D eigenvalue weighted by molar-refractivity contribution is 0.332. The van der Waals surface area contributed by atoms with Crippen LogP contribution in [-0.4, -0.2) is 21.4 Å². The third-order valence-electron chi connectivity index (χ3n) is 4.08. The highest BCUT2D eigenvalue weighted by Gasteiger charge is 2.15. The number of ether oxygens (including phenoxy) is 1. The van der Waals surface area contributed by atoms with E-state index in [1.165, 1.54) is 10.5 Å². The van der Waals surface area contributed by atoms with Crippen LogP contribution in [0.3, 0.4) is 0 Å². The predicted molar refractivity (Wildman–Crippen MR) is 109 cm³/mol. The molecule has 1 heterocycles. The number of nitrogens with zero attached hydrogens (tertiary/aromatic N) is 2. The Morgan fingerprint density at radius 3 is 2.69 bits per heavy atom. The number of rotatable bonds is 9. The van der Waals surface area contributed by atoms with Gasteiger partial charge in [-0.1, -0.05) is 35.9 Å². The summed E-state index contributed by atoms with van der Waals surface area (Å²) in [5.74, 6) is 0.960. The molecule has 0 aliphatic carbocycles. The topological polar surface area (TPSA) is 27.1 Å². The van der Waals surface area contributed by atoms with Crippen LogP contribution >= 0.6 is 23.4 Å². The van der Waals surface area contributed by atoms with Crippen LogP contribution < -0.4 is 4.74 Å². The lowest BCUT2D eigenvalue weighted by atomic mass is 10.1. The van der Waals surface area contributed by atoms with Crippen molar-refractivity contribution in [1.29, 1.82) is 0 Å². The number of benzene rings is 2. The van der Waals surface area contributed by atoms with Gasteiger partial charge in [0.1, 0.15) is 5.75 Å². The van der Waals surface area contributed by atoms with Crippen molar-refractivity contribution in [3.63, 3.8) is 0 Å². The molecular formula is C21H23ClN2OS. The Morgan fingerprint density at radius 2 is 1.96 bits per heavy atom. The van der Waals surface area contributed by atoms with Gasteiger partial charge in [-0.2, -0.15) is 0 Å². The van der Waals surface area contributed by atoms with Gasteiger partial charge in [0, 0.05) is 34.1 Å². The summed E-state index contributed by atoms with van der Waals surface area (Å²) in [6.07, 6.45) is 7.80. The highest BCUT2D eigenvalue weighted by Crippen LogP contribution is 2.34. The molecule has 3 rings (SSSR count). The van der Waals surface area contributed by atoms with Gasteiger partial charge in [-0.3, -0.25) is 0 Å². The molecular weight excluding hydrogens is 364 g/mol. The number of imidazole rings is 1. The van der Waals surface area contributed by atoms with Crippen molar-refractivity contribution in [2.75, 3.05) is 6.61 Å². The van der Waals surface area contributed by atoms with Crippen molar-refractivity contribution in [2.24, 2.45) is 0 Å². The number of halogens is 1. The lowest BCUT2D eigenvalue weighted by Crippen LogP contribution is -2.13. The van der Waals surface area contributed by atoms with E-state index < -0.39 is 0 Å². The van der Waals surface area contributed by atoms with Gasteiger partial charge in [-0.05, 0) is 49.6 Å². The summed E-state index contributed by atoms with van der Waals surface area (Å²) in [6, 6.07) is 16.4. The predicted octanol–water partition coefficient (Wildman–Crippen LogP) is 5.73. The number of para-hydroxylation sites is 1. The highest BCUT2D eigenvalue weighted by atomic mass is 35.5.